The normalized spacial score (nSPS) is 23.6. The Labute approximate surface area is 195 Å². The minimum Gasteiger partial charge on any atom is -0.484 e. The first-order chi connectivity index (χ1) is 16.3. The summed E-state index contributed by atoms with van der Waals surface area (Å²) in [6.07, 6.45) is 9.22. The van der Waals surface area contributed by atoms with E-state index in [0.717, 1.165) is 38.1 Å². The number of nitrogens with one attached hydrogen (secondary N) is 1. The van der Waals surface area contributed by atoms with Gasteiger partial charge in [-0.15, -0.1) is 0 Å². The molecule has 0 spiro atoms. The van der Waals surface area contributed by atoms with Crippen molar-refractivity contribution in [2.75, 3.05) is 25.0 Å². The van der Waals surface area contributed by atoms with Crippen LogP contribution in [0.3, 0.4) is 0 Å². The van der Waals surface area contributed by atoms with E-state index in [4.69, 9.17) is 4.74 Å². The third-order valence-corrected chi connectivity index (χ3v) is 7.57. The molecular formula is C29H30N2O2. The Hall–Kier alpha value is -3.27. The number of carbonyl (C=O) groups is 1. The van der Waals surface area contributed by atoms with Crippen molar-refractivity contribution in [3.63, 3.8) is 0 Å². The summed E-state index contributed by atoms with van der Waals surface area (Å²) in [6, 6.07) is 21.7. The van der Waals surface area contributed by atoms with Gasteiger partial charge in [-0.2, -0.15) is 0 Å². The highest BCUT2D eigenvalue weighted by Gasteiger charge is 2.38. The van der Waals surface area contributed by atoms with E-state index in [1.807, 2.05) is 17.0 Å². The molecule has 1 amide bonds. The number of allylic oxidation sites excluding steroid dienone is 2. The first-order valence-corrected chi connectivity index (χ1v) is 12.2. The zero-order valence-electron chi connectivity index (χ0n) is 18.9. The molecule has 0 aromatic heterocycles. The molecule has 1 saturated heterocycles. The van der Waals surface area contributed by atoms with Gasteiger partial charge in [0.2, 0.25) is 0 Å². The number of likely N-dealkylation sites (tertiary alicyclic amines) is 1. The molecule has 4 nitrogen and oxygen atoms in total. The van der Waals surface area contributed by atoms with Gasteiger partial charge in [-0.25, -0.2) is 0 Å². The summed E-state index contributed by atoms with van der Waals surface area (Å²) in [4.78, 5) is 14.3. The number of carbonyl (C=O) groups excluding carboxylic acids is 1. The van der Waals surface area contributed by atoms with E-state index < -0.39 is 0 Å². The topological polar surface area (TPSA) is 41.6 Å². The number of amides is 1. The minimum absolute atomic E-state index is 0.0936. The molecule has 3 atom stereocenters. The van der Waals surface area contributed by atoms with E-state index in [1.54, 1.807) is 0 Å². The average Bonchev–Trinajstić information content (AvgIpc) is 3.38. The van der Waals surface area contributed by atoms with Crippen LogP contribution in [0.4, 0.5) is 5.69 Å². The largest absolute Gasteiger partial charge is 0.484 e. The fraction of sp³-hybridized carbons (Fsp3) is 0.345. The van der Waals surface area contributed by atoms with Gasteiger partial charge >= 0.3 is 0 Å². The smallest absolute Gasteiger partial charge is 0.260 e. The monoisotopic (exact) mass is 438 g/mol. The third kappa shape index (κ3) is 3.78. The van der Waals surface area contributed by atoms with Gasteiger partial charge in [0, 0.05) is 30.1 Å². The highest BCUT2D eigenvalue weighted by Crippen LogP contribution is 2.51. The molecule has 0 saturated carbocycles. The first-order valence-electron chi connectivity index (χ1n) is 12.2. The number of benzene rings is 3. The van der Waals surface area contributed by atoms with E-state index >= 15 is 0 Å². The summed E-state index contributed by atoms with van der Waals surface area (Å²) in [6.45, 7) is 1.84. The standard InChI is InChI=1S/C29H30N2O2/c32-27(31-17-4-1-5-18-31)19-33-22-14-11-21(12-15-22)28-25-10-6-9-24(25)26-16-13-20-7-2-3-8-23(20)29(26)30-28/h2-3,6-9,11-16,24-25,28,30H,1,4-5,10,17-19H2/t24-,25+,28-/m0/s1. The Morgan fingerprint density at radius 1 is 0.970 bits per heavy atom. The lowest BCUT2D eigenvalue weighted by atomic mass is 9.76. The van der Waals surface area contributed by atoms with Crippen LogP contribution in [-0.4, -0.2) is 30.5 Å². The molecule has 4 heteroatoms. The Morgan fingerprint density at radius 2 is 1.79 bits per heavy atom. The Kier molecular flexibility index (Phi) is 5.29. The van der Waals surface area contributed by atoms with Crippen LogP contribution in [0.2, 0.25) is 0 Å². The van der Waals surface area contributed by atoms with Crippen molar-refractivity contribution < 1.29 is 9.53 Å². The van der Waals surface area contributed by atoms with Crippen LogP contribution in [0.15, 0.2) is 72.8 Å². The molecule has 0 radical (unpaired) electrons. The fourth-order valence-electron chi connectivity index (χ4n) is 5.82. The van der Waals surface area contributed by atoms with E-state index in [-0.39, 0.29) is 18.6 Å². The molecular weight excluding hydrogens is 408 g/mol. The van der Waals surface area contributed by atoms with Crippen molar-refractivity contribution >= 4 is 22.4 Å². The average molecular weight is 439 g/mol. The Bertz CT molecular complexity index is 1190. The molecule has 2 aliphatic heterocycles. The molecule has 3 aliphatic rings. The van der Waals surface area contributed by atoms with Crippen molar-refractivity contribution in [3.8, 4) is 5.75 Å². The second-order valence-corrected chi connectivity index (χ2v) is 9.53. The molecule has 0 unspecified atom stereocenters. The molecule has 1 fully saturated rings. The van der Waals surface area contributed by atoms with Crippen LogP contribution in [-0.2, 0) is 4.79 Å². The van der Waals surface area contributed by atoms with E-state index in [2.05, 4.69) is 66.0 Å². The first kappa shape index (κ1) is 20.3. The third-order valence-electron chi connectivity index (χ3n) is 7.57. The zero-order valence-corrected chi connectivity index (χ0v) is 18.9. The van der Waals surface area contributed by atoms with Gasteiger partial charge in [0.05, 0.1) is 6.04 Å². The van der Waals surface area contributed by atoms with Gasteiger partial charge in [0.25, 0.3) is 5.91 Å². The van der Waals surface area contributed by atoms with E-state index in [9.17, 15) is 4.79 Å². The quantitative estimate of drug-likeness (QED) is 0.504. The molecule has 1 N–H and O–H groups in total. The van der Waals surface area contributed by atoms with E-state index in [0.29, 0.717) is 11.8 Å². The molecule has 1 aliphatic carbocycles. The van der Waals surface area contributed by atoms with Crippen LogP contribution >= 0.6 is 0 Å². The summed E-state index contributed by atoms with van der Waals surface area (Å²) < 4.78 is 5.84. The Balaban J connectivity index is 1.21. The maximum absolute atomic E-state index is 12.4. The van der Waals surface area contributed by atoms with Crippen molar-refractivity contribution in [2.24, 2.45) is 5.92 Å². The number of anilines is 1. The summed E-state index contributed by atoms with van der Waals surface area (Å²) in [5.41, 5.74) is 3.93. The van der Waals surface area contributed by atoms with Crippen molar-refractivity contribution in [1.29, 1.82) is 0 Å². The van der Waals surface area contributed by atoms with Gasteiger partial charge in [0.15, 0.2) is 6.61 Å². The number of hydrogen-bond acceptors (Lipinski definition) is 3. The molecule has 33 heavy (non-hydrogen) atoms. The van der Waals surface area contributed by atoms with Crippen molar-refractivity contribution in [3.05, 3.63) is 83.9 Å². The molecule has 3 aromatic rings. The molecule has 2 heterocycles. The number of ether oxygens (including phenoxy) is 1. The number of nitrogens with zero attached hydrogens (tertiary/aromatic N) is 1. The van der Waals surface area contributed by atoms with Crippen LogP contribution in [0.5, 0.6) is 5.75 Å². The van der Waals surface area contributed by atoms with Crippen molar-refractivity contribution in [2.45, 2.75) is 37.6 Å². The lowest BCUT2D eigenvalue weighted by molar-refractivity contribution is -0.134. The summed E-state index contributed by atoms with van der Waals surface area (Å²) in [7, 11) is 0. The molecule has 0 bridgehead atoms. The molecule has 3 aromatic carbocycles. The second kappa shape index (κ2) is 8.58. The molecule has 168 valence electrons. The van der Waals surface area contributed by atoms with Gasteiger partial charge in [0.1, 0.15) is 5.75 Å². The number of rotatable bonds is 4. The maximum atomic E-state index is 12.4. The highest BCUT2D eigenvalue weighted by atomic mass is 16.5. The summed E-state index contributed by atoms with van der Waals surface area (Å²) in [5.74, 6) is 1.79. The van der Waals surface area contributed by atoms with Crippen LogP contribution < -0.4 is 10.1 Å². The zero-order chi connectivity index (χ0) is 22.2. The van der Waals surface area contributed by atoms with Crippen LogP contribution in [0.1, 0.15) is 48.8 Å². The number of piperidine rings is 1. The van der Waals surface area contributed by atoms with Gasteiger partial charge in [-0.3, -0.25) is 4.79 Å². The summed E-state index contributed by atoms with van der Waals surface area (Å²) in [5, 5.41) is 6.45. The number of hydrogen-bond donors (Lipinski definition) is 1. The summed E-state index contributed by atoms with van der Waals surface area (Å²) >= 11 is 0. The lowest BCUT2D eigenvalue weighted by Crippen LogP contribution is -2.38. The Morgan fingerprint density at radius 3 is 2.64 bits per heavy atom. The highest BCUT2D eigenvalue weighted by molar-refractivity contribution is 5.96. The second-order valence-electron chi connectivity index (χ2n) is 9.53. The minimum atomic E-state index is 0.0936. The SMILES string of the molecule is O=C(COc1ccc([C@@H]2Nc3c(ccc4ccccc34)[C@H]3C=CC[C@H]32)cc1)N1CCCCC1. The number of fused-ring (bicyclic) bond motifs is 5. The lowest BCUT2D eigenvalue weighted by Gasteiger charge is -2.38. The van der Waals surface area contributed by atoms with Gasteiger partial charge in [-0.05, 0) is 60.2 Å². The van der Waals surface area contributed by atoms with Crippen LogP contribution in [0.25, 0.3) is 10.8 Å². The van der Waals surface area contributed by atoms with E-state index in [1.165, 1.54) is 34.0 Å². The predicted octanol–water partition coefficient (Wildman–Crippen LogP) is 6.06. The van der Waals surface area contributed by atoms with Crippen molar-refractivity contribution in [1.82, 2.24) is 4.90 Å². The fourth-order valence-corrected chi connectivity index (χ4v) is 5.82. The maximum Gasteiger partial charge on any atom is 0.260 e. The predicted molar refractivity (Wildman–Crippen MR) is 133 cm³/mol. The van der Waals surface area contributed by atoms with Gasteiger partial charge in [-0.1, -0.05) is 60.7 Å². The van der Waals surface area contributed by atoms with Gasteiger partial charge < -0.3 is 15.0 Å². The molecule has 6 rings (SSSR count). The van der Waals surface area contributed by atoms with Crippen LogP contribution in [0, 0.1) is 5.92 Å².